The summed E-state index contributed by atoms with van der Waals surface area (Å²) in [6, 6.07) is 16.4. The number of carbonyl (C=O) groups excluding carboxylic acids is 2. The van der Waals surface area contributed by atoms with E-state index in [1.54, 1.807) is 0 Å². The number of carboxylic acids is 1. The van der Waals surface area contributed by atoms with Crippen LogP contribution in [0.3, 0.4) is 0 Å². The molecule has 0 heterocycles. The second kappa shape index (κ2) is 10.7. The van der Waals surface area contributed by atoms with Gasteiger partial charge in [-0.15, -0.1) is 0 Å². The molecule has 0 aliphatic heterocycles. The molecule has 0 aromatic heterocycles. The quantitative estimate of drug-likeness (QED) is 0.485. The molecule has 1 saturated carbocycles. The molecule has 2 N–H and O–H groups in total. The summed E-state index contributed by atoms with van der Waals surface area (Å²) in [5.41, 5.74) is 4.70. The predicted octanol–water partition coefficient (Wildman–Crippen LogP) is 4.26. The lowest BCUT2D eigenvalue weighted by molar-refractivity contribution is -0.146. The Morgan fingerprint density at radius 3 is 2.26 bits per heavy atom. The molecular weight excluding hydrogens is 432 g/mol. The highest BCUT2D eigenvalue weighted by Crippen LogP contribution is 2.44. The number of aliphatic carboxylic acids is 1. The number of amides is 2. The molecular formula is C27H32N2O5. The van der Waals surface area contributed by atoms with E-state index in [0.29, 0.717) is 31.8 Å². The van der Waals surface area contributed by atoms with Gasteiger partial charge < -0.3 is 20.1 Å². The molecule has 1 atom stereocenters. The number of carbonyl (C=O) groups is 3. The van der Waals surface area contributed by atoms with E-state index in [1.165, 1.54) is 27.2 Å². The molecule has 0 saturated heterocycles. The number of fused-ring (bicyclic) bond motifs is 3. The number of nitrogens with one attached hydrogen (secondary N) is 1. The smallest absolute Gasteiger partial charge is 0.407 e. The minimum absolute atomic E-state index is 0.0162. The highest BCUT2D eigenvalue weighted by atomic mass is 16.5. The van der Waals surface area contributed by atoms with Gasteiger partial charge in [-0.2, -0.15) is 0 Å². The van der Waals surface area contributed by atoms with E-state index in [4.69, 9.17) is 9.84 Å². The molecule has 34 heavy (non-hydrogen) atoms. The first-order valence-corrected chi connectivity index (χ1v) is 12.0. The van der Waals surface area contributed by atoms with Gasteiger partial charge in [-0.3, -0.25) is 9.59 Å². The van der Waals surface area contributed by atoms with Gasteiger partial charge in [0, 0.05) is 24.9 Å². The lowest BCUT2D eigenvalue weighted by Crippen LogP contribution is -2.40. The van der Waals surface area contributed by atoms with Crippen LogP contribution in [-0.4, -0.2) is 54.2 Å². The SMILES string of the molecule is CC(CCCNC(=O)OCC1c2ccccc2-c2ccccc21)C(=O)N(CC(=O)O)CC1CC1. The third-order valence-corrected chi connectivity index (χ3v) is 6.66. The number of carboxylic acid groups (broad SMARTS) is 1. The number of nitrogens with zero attached hydrogens (tertiary/aromatic N) is 1. The van der Waals surface area contributed by atoms with Gasteiger partial charge in [0.05, 0.1) is 0 Å². The van der Waals surface area contributed by atoms with Crippen LogP contribution >= 0.6 is 0 Å². The maximum atomic E-state index is 12.7. The van der Waals surface area contributed by atoms with Crippen molar-refractivity contribution in [2.45, 2.75) is 38.5 Å². The van der Waals surface area contributed by atoms with Gasteiger partial charge >= 0.3 is 12.1 Å². The van der Waals surface area contributed by atoms with E-state index >= 15 is 0 Å². The first kappa shape index (κ1) is 23.8. The minimum Gasteiger partial charge on any atom is -0.480 e. The zero-order valence-corrected chi connectivity index (χ0v) is 19.5. The maximum absolute atomic E-state index is 12.7. The van der Waals surface area contributed by atoms with Crippen molar-refractivity contribution in [2.75, 3.05) is 26.2 Å². The van der Waals surface area contributed by atoms with Crippen LogP contribution in [-0.2, 0) is 14.3 Å². The topological polar surface area (TPSA) is 95.9 Å². The number of alkyl carbamates (subject to hydrolysis) is 1. The third-order valence-electron chi connectivity index (χ3n) is 6.66. The first-order valence-electron chi connectivity index (χ1n) is 12.0. The van der Waals surface area contributed by atoms with Crippen molar-refractivity contribution in [2.24, 2.45) is 11.8 Å². The second-order valence-electron chi connectivity index (χ2n) is 9.35. The Morgan fingerprint density at radius 2 is 1.68 bits per heavy atom. The van der Waals surface area contributed by atoms with Crippen molar-refractivity contribution in [1.82, 2.24) is 10.2 Å². The summed E-state index contributed by atoms with van der Waals surface area (Å²) in [6.45, 7) is 2.75. The van der Waals surface area contributed by atoms with E-state index in [1.807, 2.05) is 31.2 Å². The minimum atomic E-state index is -0.988. The van der Waals surface area contributed by atoms with Crippen LogP contribution in [0.5, 0.6) is 0 Å². The average molecular weight is 465 g/mol. The standard InChI is InChI=1S/C27H32N2O5/c1-18(26(32)29(16-25(30)31)15-19-12-13-19)7-6-14-28-27(33)34-17-24-22-10-4-2-8-20(22)21-9-3-5-11-23(21)24/h2-5,8-11,18-19,24H,6-7,12-17H2,1H3,(H,28,33)(H,30,31). The summed E-state index contributed by atoms with van der Waals surface area (Å²) in [7, 11) is 0. The van der Waals surface area contributed by atoms with Gasteiger partial charge in [0.1, 0.15) is 13.2 Å². The molecule has 0 spiro atoms. The van der Waals surface area contributed by atoms with Gasteiger partial charge in [0.15, 0.2) is 0 Å². The van der Waals surface area contributed by atoms with Crippen molar-refractivity contribution in [3.8, 4) is 11.1 Å². The molecule has 0 radical (unpaired) electrons. The van der Waals surface area contributed by atoms with Gasteiger partial charge in [-0.1, -0.05) is 55.5 Å². The van der Waals surface area contributed by atoms with Crippen LogP contribution < -0.4 is 5.32 Å². The van der Waals surface area contributed by atoms with Crippen molar-refractivity contribution >= 4 is 18.0 Å². The van der Waals surface area contributed by atoms with E-state index in [-0.39, 0.29) is 30.9 Å². The van der Waals surface area contributed by atoms with Crippen molar-refractivity contribution < 1.29 is 24.2 Å². The molecule has 2 aromatic carbocycles. The van der Waals surface area contributed by atoms with Gasteiger partial charge in [-0.05, 0) is 53.9 Å². The van der Waals surface area contributed by atoms with Gasteiger partial charge in [0.2, 0.25) is 5.91 Å². The lowest BCUT2D eigenvalue weighted by Gasteiger charge is -2.24. The summed E-state index contributed by atoms with van der Waals surface area (Å²) < 4.78 is 5.54. The number of benzene rings is 2. The highest BCUT2D eigenvalue weighted by Gasteiger charge is 2.30. The molecule has 7 nitrogen and oxygen atoms in total. The zero-order valence-electron chi connectivity index (χ0n) is 19.5. The van der Waals surface area contributed by atoms with E-state index < -0.39 is 12.1 Å². The fraction of sp³-hybridized carbons (Fsp3) is 0.444. The summed E-state index contributed by atoms with van der Waals surface area (Å²) in [5, 5.41) is 11.9. The van der Waals surface area contributed by atoms with E-state index in [2.05, 4.69) is 29.6 Å². The van der Waals surface area contributed by atoms with Crippen LogP contribution in [0.4, 0.5) is 4.79 Å². The summed E-state index contributed by atoms with van der Waals surface area (Å²) in [6.07, 6.45) is 2.83. The van der Waals surface area contributed by atoms with Crippen LogP contribution in [0.25, 0.3) is 11.1 Å². The molecule has 2 amide bonds. The molecule has 2 aromatic rings. The maximum Gasteiger partial charge on any atom is 0.407 e. The van der Waals surface area contributed by atoms with Crippen molar-refractivity contribution in [1.29, 1.82) is 0 Å². The Balaban J connectivity index is 1.21. The van der Waals surface area contributed by atoms with Crippen LogP contribution in [0.1, 0.15) is 49.7 Å². The first-order chi connectivity index (χ1) is 16.4. The fourth-order valence-corrected chi connectivity index (χ4v) is 4.69. The molecule has 1 unspecified atom stereocenters. The van der Waals surface area contributed by atoms with Crippen molar-refractivity contribution in [3.05, 3.63) is 59.7 Å². The molecule has 180 valence electrons. The predicted molar refractivity (Wildman–Crippen MR) is 128 cm³/mol. The molecule has 2 aliphatic rings. The Kier molecular flexibility index (Phi) is 7.50. The highest BCUT2D eigenvalue weighted by molar-refractivity contribution is 5.83. The zero-order chi connectivity index (χ0) is 24.1. The van der Waals surface area contributed by atoms with Crippen LogP contribution in [0.15, 0.2) is 48.5 Å². The number of hydrogen-bond acceptors (Lipinski definition) is 4. The second-order valence-corrected chi connectivity index (χ2v) is 9.35. The summed E-state index contributed by atoms with van der Waals surface area (Å²) in [5.74, 6) is -0.954. The monoisotopic (exact) mass is 464 g/mol. The van der Waals surface area contributed by atoms with Crippen LogP contribution in [0, 0.1) is 11.8 Å². The Labute approximate surface area is 200 Å². The number of ether oxygens (including phenoxy) is 1. The fourth-order valence-electron chi connectivity index (χ4n) is 4.69. The lowest BCUT2D eigenvalue weighted by atomic mass is 9.98. The average Bonchev–Trinajstić information content (AvgIpc) is 3.59. The number of rotatable bonds is 11. The third kappa shape index (κ3) is 5.76. The molecule has 7 heteroatoms. The normalized spacial score (nSPS) is 15.2. The Morgan fingerprint density at radius 1 is 1.06 bits per heavy atom. The molecule has 0 bridgehead atoms. The molecule has 1 fully saturated rings. The van der Waals surface area contributed by atoms with Gasteiger partial charge in [0.25, 0.3) is 0 Å². The largest absolute Gasteiger partial charge is 0.480 e. The Hall–Kier alpha value is -3.35. The van der Waals surface area contributed by atoms with Crippen molar-refractivity contribution in [3.63, 3.8) is 0 Å². The van der Waals surface area contributed by atoms with Crippen LogP contribution in [0.2, 0.25) is 0 Å². The molecule has 4 rings (SSSR count). The van der Waals surface area contributed by atoms with E-state index in [0.717, 1.165) is 12.8 Å². The Bertz CT molecular complexity index is 1000. The van der Waals surface area contributed by atoms with Gasteiger partial charge in [-0.25, -0.2) is 4.79 Å². The summed E-state index contributed by atoms with van der Waals surface area (Å²) in [4.78, 5) is 37.5. The summed E-state index contributed by atoms with van der Waals surface area (Å²) >= 11 is 0. The molecule has 2 aliphatic carbocycles. The van der Waals surface area contributed by atoms with E-state index in [9.17, 15) is 14.4 Å². The number of hydrogen-bond donors (Lipinski definition) is 2.